The van der Waals surface area contributed by atoms with Crippen LogP contribution in [0.25, 0.3) is 28.3 Å². The molecule has 0 atom stereocenters. The zero-order valence-electron chi connectivity index (χ0n) is 11.5. The van der Waals surface area contributed by atoms with Gasteiger partial charge in [0.1, 0.15) is 0 Å². The van der Waals surface area contributed by atoms with Crippen LogP contribution < -0.4 is 0 Å². The topological polar surface area (TPSA) is 48.0 Å². The van der Waals surface area contributed by atoms with Crippen LogP contribution in [-0.4, -0.2) is 24.1 Å². The number of imidazole rings is 1. The normalized spacial score (nSPS) is 11.1. The Morgan fingerprint density at radius 1 is 1.05 bits per heavy atom. The molecule has 0 radical (unpaired) electrons. The molecular formula is C16H13N5. The van der Waals surface area contributed by atoms with E-state index < -0.39 is 0 Å². The van der Waals surface area contributed by atoms with Crippen molar-refractivity contribution in [3.05, 3.63) is 61.2 Å². The van der Waals surface area contributed by atoms with E-state index in [0.29, 0.717) is 5.78 Å². The van der Waals surface area contributed by atoms with Crippen molar-refractivity contribution in [1.82, 2.24) is 24.1 Å². The molecule has 0 unspecified atom stereocenters. The second-order valence-electron chi connectivity index (χ2n) is 4.89. The second kappa shape index (κ2) is 4.56. The lowest BCUT2D eigenvalue weighted by Crippen LogP contribution is -1.96. The number of rotatable bonds is 2. The third-order valence-corrected chi connectivity index (χ3v) is 3.44. The van der Waals surface area contributed by atoms with Crippen molar-refractivity contribution in [2.45, 2.75) is 0 Å². The van der Waals surface area contributed by atoms with Crippen LogP contribution in [0.2, 0.25) is 0 Å². The van der Waals surface area contributed by atoms with Gasteiger partial charge in [0.25, 0.3) is 0 Å². The minimum Gasteiger partial charge on any atom is -0.284 e. The van der Waals surface area contributed by atoms with E-state index in [2.05, 4.69) is 33.3 Å². The predicted molar refractivity (Wildman–Crippen MR) is 80.6 cm³/mol. The van der Waals surface area contributed by atoms with Gasteiger partial charge in [0.15, 0.2) is 0 Å². The molecule has 3 aromatic heterocycles. The number of benzene rings is 1. The molecule has 0 saturated carbocycles. The highest BCUT2D eigenvalue weighted by atomic mass is 15.2. The Bertz CT molecular complexity index is 905. The van der Waals surface area contributed by atoms with Gasteiger partial charge in [-0.05, 0) is 11.6 Å². The van der Waals surface area contributed by atoms with Gasteiger partial charge in [-0.1, -0.05) is 30.3 Å². The van der Waals surface area contributed by atoms with Gasteiger partial charge in [-0.2, -0.15) is 5.10 Å². The highest BCUT2D eigenvalue weighted by Gasteiger charge is 2.10. The average molecular weight is 275 g/mol. The molecule has 0 aliphatic rings. The van der Waals surface area contributed by atoms with Gasteiger partial charge in [0.05, 0.1) is 17.6 Å². The maximum atomic E-state index is 4.60. The van der Waals surface area contributed by atoms with Gasteiger partial charge in [0, 0.05) is 31.2 Å². The zero-order chi connectivity index (χ0) is 14.2. The Hall–Kier alpha value is -2.95. The van der Waals surface area contributed by atoms with Crippen molar-refractivity contribution in [2.75, 3.05) is 0 Å². The molecule has 0 fully saturated rings. The SMILES string of the molecule is Cn1cc(-c2cc(-c3ccccc3)n3ccnc3n2)cn1. The quantitative estimate of drug-likeness (QED) is 0.565. The lowest BCUT2D eigenvalue weighted by molar-refractivity contribution is 0.768. The zero-order valence-corrected chi connectivity index (χ0v) is 11.5. The van der Waals surface area contributed by atoms with Crippen LogP contribution in [0.1, 0.15) is 0 Å². The van der Waals surface area contributed by atoms with Crippen LogP contribution in [0.5, 0.6) is 0 Å². The third kappa shape index (κ3) is 1.99. The van der Waals surface area contributed by atoms with E-state index >= 15 is 0 Å². The van der Waals surface area contributed by atoms with Crippen molar-refractivity contribution in [3.63, 3.8) is 0 Å². The van der Waals surface area contributed by atoms with Crippen molar-refractivity contribution in [2.24, 2.45) is 7.05 Å². The summed E-state index contributed by atoms with van der Waals surface area (Å²) < 4.78 is 3.77. The van der Waals surface area contributed by atoms with Gasteiger partial charge in [-0.25, -0.2) is 9.97 Å². The summed E-state index contributed by atoms with van der Waals surface area (Å²) in [5.41, 5.74) is 4.06. The van der Waals surface area contributed by atoms with Gasteiger partial charge >= 0.3 is 0 Å². The second-order valence-corrected chi connectivity index (χ2v) is 4.89. The van der Waals surface area contributed by atoms with E-state index in [9.17, 15) is 0 Å². The first-order valence-corrected chi connectivity index (χ1v) is 6.70. The van der Waals surface area contributed by atoms with Crippen molar-refractivity contribution >= 4 is 5.78 Å². The number of hydrogen-bond donors (Lipinski definition) is 0. The summed E-state index contributed by atoms with van der Waals surface area (Å²) in [5, 5.41) is 4.21. The molecule has 0 aliphatic heterocycles. The molecular weight excluding hydrogens is 262 g/mol. The van der Waals surface area contributed by atoms with Gasteiger partial charge in [0.2, 0.25) is 5.78 Å². The van der Waals surface area contributed by atoms with E-state index in [0.717, 1.165) is 22.5 Å². The van der Waals surface area contributed by atoms with Crippen LogP contribution in [-0.2, 0) is 7.05 Å². The van der Waals surface area contributed by atoms with E-state index in [1.165, 1.54) is 0 Å². The fraction of sp³-hybridized carbons (Fsp3) is 0.0625. The van der Waals surface area contributed by atoms with Gasteiger partial charge in [-0.3, -0.25) is 9.08 Å². The molecule has 0 N–H and O–H groups in total. The van der Waals surface area contributed by atoms with Crippen LogP contribution in [0, 0.1) is 0 Å². The summed E-state index contributed by atoms with van der Waals surface area (Å²) in [6.07, 6.45) is 7.46. The average Bonchev–Trinajstić information content (AvgIpc) is 3.15. The number of fused-ring (bicyclic) bond motifs is 1. The third-order valence-electron chi connectivity index (χ3n) is 3.44. The summed E-state index contributed by atoms with van der Waals surface area (Å²) in [6.45, 7) is 0. The monoisotopic (exact) mass is 275 g/mol. The molecule has 0 saturated heterocycles. The molecule has 21 heavy (non-hydrogen) atoms. The molecule has 5 nitrogen and oxygen atoms in total. The summed E-state index contributed by atoms with van der Waals surface area (Å²) in [6, 6.07) is 12.3. The molecule has 4 rings (SSSR count). The van der Waals surface area contributed by atoms with Gasteiger partial charge in [-0.15, -0.1) is 0 Å². The van der Waals surface area contributed by atoms with Crippen molar-refractivity contribution in [3.8, 4) is 22.5 Å². The van der Waals surface area contributed by atoms with Crippen LogP contribution in [0.15, 0.2) is 61.2 Å². The fourth-order valence-electron chi connectivity index (χ4n) is 2.44. The highest BCUT2D eigenvalue weighted by molar-refractivity contribution is 5.70. The highest BCUT2D eigenvalue weighted by Crippen LogP contribution is 2.25. The smallest absolute Gasteiger partial charge is 0.234 e. The van der Waals surface area contributed by atoms with Crippen LogP contribution >= 0.6 is 0 Å². The number of aryl methyl sites for hydroxylation is 1. The number of nitrogens with zero attached hydrogens (tertiary/aromatic N) is 5. The molecule has 5 heteroatoms. The standard InChI is InChI=1S/C16H13N5/c1-20-11-13(10-18-20)14-9-15(12-5-3-2-4-6-12)21-8-7-17-16(21)19-14/h2-11H,1H3. The summed E-state index contributed by atoms with van der Waals surface area (Å²) >= 11 is 0. The maximum Gasteiger partial charge on any atom is 0.234 e. The molecule has 4 aromatic rings. The first-order valence-electron chi connectivity index (χ1n) is 6.70. The Morgan fingerprint density at radius 3 is 2.67 bits per heavy atom. The lowest BCUT2D eigenvalue weighted by Gasteiger charge is -2.07. The van der Waals surface area contributed by atoms with E-state index in [4.69, 9.17) is 0 Å². The first-order chi connectivity index (χ1) is 10.3. The Labute approximate surface area is 121 Å². The summed E-state index contributed by atoms with van der Waals surface area (Å²) in [5.74, 6) is 0.690. The van der Waals surface area contributed by atoms with Gasteiger partial charge < -0.3 is 0 Å². The molecule has 0 spiro atoms. The van der Waals surface area contributed by atoms with E-state index in [1.54, 1.807) is 10.9 Å². The fourth-order valence-corrected chi connectivity index (χ4v) is 2.44. The molecule has 102 valence electrons. The lowest BCUT2D eigenvalue weighted by atomic mass is 10.1. The summed E-state index contributed by atoms with van der Waals surface area (Å²) in [4.78, 5) is 8.93. The number of aromatic nitrogens is 5. The Kier molecular flexibility index (Phi) is 2.57. The molecule has 3 heterocycles. The number of hydrogen-bond acceptors (Lipinski definition) is 3. The van der Waals surface area contributed by atoms with E-state index in [-0.39, 0.29) is 0 Å². The van der Waals surface area contributed by atoms with Crippen molar-refractivity contribution in [1.29, 1.82) is 0 Å². The molecule has 0 aliphatic carbocycles. The Balaban J connectivity index is 1.99. The minimum absolute atomic E-state index is 0.690. The predicted octanol–water partition coefficient (Wildman–Crippen LogP) is 2.80. The van der Waals surface area contributed by atoms with E-state index in [1.807, 2.05) is 48.2 Å². The first kappa shape index (κ1) is 11.8. The van der Waals surface area contributed by atoms with Crippen LogP contribution in [0.4, 0.5) is 0 Å². The van der Waals surface area contributed by atoms with Crippen molar-refractivity contribution < 1.29 is 0 Å². The molecule has 0 amide bonds. The van der Waals surface area contributed by atoms with Crippen LogP contribution in [0.3, 0.4) is 0 Å². The summed E-state index contributed by atoms with van der Waals surface area (Å²) in [7, 11) is 1.90. The maximum absolute atomic E-state index is 4.60. The molecule has 1 aromatic carbocycles. The Morgan fingerprint density at radius 2 is 1.90 bits per heavy atom. The molecule has 0 bridgehead atoms. The minimum atomic E-state index is 0.690. The largest absolute Gasteiger partial charge is 0.284 e.